The van der Waals surface area contributed by atoms with E-state index >= 15 is 0 Å². The summed E-state index contributed by atoms with van der Waals surface area (Å²) in [6.45, 7) is 2.17. The third-order valence-electron chi connectivity index (χ3n) is 1.70. The second kappa shape index (κ2) is 6.47. The normalized spacial score (nSPS) is 12.4. The summed E-state index contributed by atoms with van der Waals surface area (Å²) in [5, 5.41) is 3.44. The molecule has 0 fully saturated rings. The van der Waals surface area contributed by atoms with Gasteiger partial charge in [0.05, 0.1) is 12.8 Å². The minimum absolute atomic E-state index is 0.251. The number of hydrogen-bond acceptors (Lipinski definition) is 6. The van der Waals surface area contributed by atoms with Crippen molar-refractivity contribution < 1.29 is 13.9 Å². The van der Waals surface area contributed by atoms with E-state index in [1.807, 2.05) is 0 Å². The van der Waals surface area contributed by atoms with Crippen LogP contribution < -0.4 is 5.32 Å². The highest BCUT2D eigenvalue weighted by Crippen LogP contribution is 2.15. The maximum absolute atomic E-state index is 11.4. The summed E-state index contributed by atoms with van der Waals surface area (Å²) in [5.74, 6) is 0.287. The second-order valence-electron chi connectivity index (χ2n) is 2.70. The van der Waals surface area contributed by atoms with Gasteiger partial charge < -0.3 is 14.5 Å². The number of likely N-dealkylation sites (N-methyl/N-ethyl adjacent to an activating group) is 1. The van der Waals surface area contributed by atoms with Gasteiger partial charge in [-0.05, 0) is 14.0 Å². The van der Waals surface area contributed by atoms with Gasteiger partial charge >= 0.3 is 5.97 Å². The third-order valence-corrected chi connectivity index (χ3v) is 2.65. The Morgan fingerprint density at radius 3 is 3.13 bits per heavy atom. The summed E-state index contributed by atoms with van der Waals surface area (Å²) in [4.78, 5) is 15.3. The Hall–Kier alpha value is -1.01. The molecule has 5 nitrogen and oxygen atoms in total. The van der Waals surface area contributed by atoms with Crippen molar-refractivity contribution in [3.05, 3.63) is 12.5 Å². The maximum atomic E-state index is 11.4. The number of thioether (sulfide) groups is 1. The second-order valence-corrected chi connectivity index (χ2v) is 3.67. The van der Waals surface area contributed by atoms with Gasteiger partial charge in [-0.15, -0.1) is 0 Å². The standard InChI is InChI=1S/C9H14N2O3S/c1-3-13-8(12)7(10-2)6-15-9-11-4-5-14-9/h4-5,7,10H,3,6H2,1-2H3. The van der Waals surface area contributed by atoms with Gasteiger partial charge in [-0.3, -0.25) is 4.79 Å². The molecule has 0 amide bonds. The highest BCUT2D eigenvalue weighted by molar-refractivity contribution is 7.99. The molecule has 1 N–H and O–H groups in total. The number of esters is 1. The average Bonchev–Trinajstić information content (AvgIpc) is 2.72. The number of ether oxygens (including phenoxy) is 1. The molecule has 0 saturated heterocycles. The quantitative estimate of drug-likeness (QED) is 0.579. The van der Waals surface area contributed by atoms with E-state index in [-0.39, 0.29) is 12.0 Å². The number of nitrogens with one attached hydrogen (secondary N) is 1. The van der Waals surface area contributed by atoms with E-state index in [9.17, 15) is 4.79 Å². The molecule has 1 aromatic heterocycles. The van der Waals surface area contributed by atoms with Gasteiger partial charge in [0.15, 0.2) is 0 Å². The fourth-order valence-electron chi connectivity index (χ4n) is 0.948. The van der Waals surface area contributed by atoms with Gasteiger partial charge in [0.2, 0.25) is 0 Å². The van der Waals surface area contributed by atoms with Crippen LogP contribution in [0.3, 0.4) is 0 Å². The molecule has 1 heterocycles. The van der Waals surface area contributed by atoms with Crippen LogP contribution in [0.2, 0.25) is 0 Å². The molecule has 1 rings (SSSR count). The third kappa shape index (κ3) is 3.93. The molecular formula is C9H14N2O3S. The first-order valence-corrected chi connectivity index (χ1v) is 5.62. The molecule has 6 heteroatoms. The zero-order valence-corrected chi connectivity index (χ0v) is 9.54. The van der Waals surface area contributed by atoms with Crippen LogP contribution in [0.4, 0.5) is 0 Å². The van der Waals surface area contributed by atoms with Crippen LogP contribution in [0, 0.1) is 0 Å². The Morgan fingerprint density at radius 2 is 2.60 bits per heavy atom. The first kappa shape index (κ1) is 12.1. The molecule has 15 heavy (non-hydrogen) atoms. The highest BCUT2D eigenvalue weighted by Gasteiger charge is 2.18. The van der Waals surface area contributed by atoms with Crippen molar-refractivity contribution in [3.8, 4) is 0 Å². The van der Waals surface area contributed by atoms with E-state index in [1.165, 1.54) is 18.0 Å². The van der Waals surface area contributed by atoms with Crippen molar-refractivity contribution in [2.75, 3.05) is 19.4 Å². The monoisotopic (exact) mass is 230 g/mol. The predicted molar refractivity (Wildman–Crippen MR) is 56.7 cm³/mol. The lowest BCUT2D eigenvalue weighted by Gasteiger charge is -2.12. The van der Waals surface area contributed by atoms with Gasteiger partial charge in [-0.2, -0.15) is 0 Å². The van der Waals surface area contributed by atoms with Crippen molar-refractivity contribution in [1.29, 1.82) is 0 Å². The first-order chi connectivity index (χ1) is 7.27. The molecule has 0 spiro atoms. The first-order valence-electron chi connectivity index (χ1n) is 4.64. The predicted octanol–water partition coefficient (Wildman–Crippen LogP) is 0.918. The molecule has 1 unspecified atom stereocenters. The van der Waals surface area contributed by atoms with Crippen molar-refractivity contribution in [2.45, 2.75) is 18.2 Å². The van der Waals surface area contributed by atoms with Crippen LogP contribution >= 0.6 is 11.8 Å². The van der Waals surface area contributed by atoms with E-state index in [2.05, 4.69) is 10.3 Å². The van der Waals surface area contributed by atoms with E-state index in [0.29, 0.717) is 17.6 Å². The molecule has 0 aliphatic rings. The Bertz CT molecular complexity index is 290. The Kier molecular flexibility index (Phi) is 5.20. The molecule has 1 aromatic rings. The molecule has 0 aliphatic carbocycles. The maximum Gasteiger partial charge on any atom is 0.323 e. The summed E-state index contributed by atoms with van der Waals surface area (Å²) in [6, 6.07) is -0.332. The van der Waals surface area contributed by atoms with Gasteiger partial charge in [0, 0.05) is 5.75 Å². The largest absolute Gasteiger partial charge is 0.465 e. The number of hydrogen-bond donors (Lipinski definition) is 1. The molecule has 0 bridgehead atoms. The Balaban J connectivity index is 2.37. The summed E-state index contributed by atoms with van der Waals surface area (Å²) in [5.41, 5.74) is 0. The van der Waals surface area contributed by atoms with Gasteiger partial charge in [-0.1, -0.05) is 11.8 Å². The van der Waals surface area contributed by atoms with Crippen molar-refractivity contribution in [1.82, 2.24) is 10.3 Å². The summed E-state index contributed by atoms with van der Waals surface area (Å²) in [7, 11) is 1.72. The summed E-state index contributed by atoms with van der Waals surface area (Å²) < 4.78 is 9.94. The van der Waals surface area contributed by atoms with Gasteiger partial charge in [0.1, 0.15) is 12.3 Å². The van der Waals surface area contributed by atoms with Crippen molar-refractivity contribution in [2.24, 2.45) is 0 Å². The number of rotatable bonds is 6. The van der Waals surface area contributed by atoms with Crippen molar-refractivity contribution >= 4 is 17.7 Å². The van der Waals surface area contributed by atoms with Crippen LogP contribution in [-0.4, -0.2) is 36.4 Å². The minimum atomic E-state index is -0.332. The fraction of sp³-hybridized carbons (Fsp3) is 0.556. The zero-order chi connectivity index (χ0) is 11.1. The van der Waals surface area contributed by atoms with Gasteiger partial charge in [0.25, 0.3) is 5.22 Å². The molecule has 1 atom stereocenters. The topological polar surface area (TPSA) is 64.4 Å². The molecular weight excluding hydrogens is 216 g/mol. The summed E-state index contributed by atoms with van der Waals surface area (Å²) in [6.07, 6.45) is 3.07. The average molecular weight is 230 g/mol. The van der Waals surface area contributed by atoms with Crippen LogP contribution in [0.15, 0.2) is 22.1 Å². The van der Waals surface area contributed by atoms with E-state index in [4.69, 9.17) is 9.15 Å². The Morgan fingerprint density at radius 1 is 1.80 bits per heavy atom. The number of carbonyl (C=O) groups excluding carboxylic acids is 1. The molecule has 0 aromatic carbocycles. The van der Waals surface area contributed by atoms with E-state index in [1.54, 1.807) is 20.2 Å². The fourth-order valence-corrected chi connectivity index (χ4v) is 1.82. The highest BCUT2D eigenvalue weighted by atomic mass is 32.2. The Labute approximate surface area is 92.6 Å². The number of carbonyl (C=O) groups is 1. The number of aromatic nitrogens is 1. The summed E-state index contributed by atoms with van der Waals surface area (Å²) >= 11 is 1.37. The van der Waals surface area contributed by atoms with Crippen LogP contribution in [0.25, 0.3) is 0 Å². The molecule has 0 radical (unpaired) electrons. The lowest BCUT2D eigenvalue weighted by atomic mass is 10.3. The van der Waals surface area contributed by atoms with Crippen LogP contribution in [0.1, 0.15) is 6.92 Å². The smallest absolute Gasteiger partial charge is 0.323 e. The number of nitrogens with zero attached hydrogens (tertiary/aromatic N) is 1. The zero-order valence-electron chi connectivity index (χ0n) is 8.73. The van der Waals surface area contributed by atoms with Crippen molar-refractivity contribution in [3.63, 3.8) is 0 Å². The van der Waals surface area contributed by atoms with Crippen LogP contribution in [0.5, 0.6) is 0 Å². The minimum Gasteiger partial charge on any atom is -0.465 e. The van der Waals surface area contributed by atoms with Gasteiger partial charge in [-0.25, -0.2) is 4.98 Å². The lowest BCUT2D eigenvalue weighted by Crippen LogP contribution is -2.37. The number of oxazole rings is 1. The molecule has 0 aliphatic heterocycles. The lowest BCUT2D eigenvalue weighted by molar-refractivity contribution is -0.144. The SMILES string of the molecule is CCOC(=O)C(CSc1ncco1)NC. The van der Waals surface area contributed by atoms with Crippen LogP contribution in [-0.2, 0) is 9.53 Å². The van der Waals surface area contributed by atoms with E-state index < -0.39 is 0 Å². The molecule has 0 saturated carbocycles. The van der Waals surface area contributed by atoms with E-state index in [0.717, 1.165) is 0 Å². The molecule has 84 valence electrons.